The summed E-state index contributed by atoms with van der Waals surface area (Å²) in [6.45, 7) is 3.22. The first-order valence-electron chi connectivity index (χ1n) is 7.35. The standard InChI is InChI=1S/C15H17ClN4O4S/c1-15(2)13(21)20(11-5-4-10(9-17)12(16)8-11)14(22)19(15)6-3-7-25(18,23)24/h4-5,8H,3,6-7H2,1-2H3,(H2,18,23,24). The molecule has 0 spiro atoms. The molecule has 25 heavy (non-hydrogen) atoms. The molecule has 1 aromatic rings. The minimum atomic E-state index is -3.65. The van der Waals surface area contributed by atoms with Crippen LogP contribution >= 0.6 is 11.6 Å². The Morgan fingerprint density at radius 3 is 2.48 bits per heavy atom. The van der Waals surface area contributed by atoms with Crippen LogP contribution in [0.15, 0.2) is 18.2 Å². The minimum Gasteiger partial charge on any atom is -0.310 e. The second-order valence-corrected chi connectivity index (χ2v) is 8.27. The monoisotopic (exact) mass is 384 g/mol. The number of hydrogen-bond acceptors (Lipinski definition) is 5. The van der Waals surface area contributed by atoms with Crippen molar-refractivity contribution in [2.45, 2.75) is 25.8 Å². The van der Waals surface area contributed by atoms with Crippen molar-refractivity contribution < 1.29 is 18.0 Å². The van der Waals surface area contributed by atoms with Crippen molar-refractivity contribution in [2.24, 2.45) is 5.14 Å². The number of carbonyl (C=O) groups excluding carboxylic acids is 2. The summed E-state index contributed by atoms with van der Waals surface area (Å²) in [5.41, 5.74) is -0.662. The zero-order chi connectivity index (χ0) is 19.0. The second kappa shape index (κ2) is 6.63. The Hall–Kier alpha value is -2.15. The van der Waals surface area contributed by atoms with Gasteiger partial charge in [0, 0.05) is 6.54 Å². The lowest BCUT2D eigenvalue weighted by Crippen LogP contribution is -2.45. The van der Waals surface area contributed by atoms with Crippen LogP contribution in [0.5, 0.6) is 0 Å². The minimum absolute atomic E-state index is 0.0640. The summed E-state index contributed by atoms with van der Waals surface area (Å²) in [6, 6.07) is 5.59. The van der Waals surface area contributed by atoms with E-state index in [-0.39, 0.29) is 35.0 Å². The largest absolute Gasteiger partial charge is 0.332 e. The van der Waals surface area contributed by atoms with Crippen LogP contribution in [-0.4, -0.2) is 43.1 Å². The van der Waals surface area contributed by atoms with Crippen LogP contribution < -0.4 is 10.0 Å². The molecule has 0 bridgehead atoms. The number of hydrogen-bond donors (Lipinski definition) is 1. The lowest BCUT2D eigenvalue weighted by Gasteiger charge is -2.27. The lowest BCUT2D eigenvalue weighted by atomic mass is 10.0. The maximum atomic E-state index is 12.7. The molecule has 0 unspecified atom stereocenters. The van der Waals surface area contributed by atoms with E-state index >= 15 is 0 Å². The summed E-state index contributed by atoms with van der Waals surface area (Å²) in [5, 5.41) is 14.0. The number of sulfonamides is 1. The molecule has 1 aromatic carbocycles. The summed E-state index contributed by atoms with van der Waals surface area (Å²) in [6.07, 6.45) is 0.114. The molecule has 3 amide bonds. The van der Waals surface area contributed by atoms with Gasteiger partial charge in [-0.15, -0.1) is 0 Å². The van der Waals surface area contributed by atoms with Crippen molar-refractivity contribution in [3.63, 3.8) is 0 Å². The SMILES string of the molecule is CC1(C)C(=O)N(c2ccc(C#N)c(Cl)c2)C(=O)N1CCCS(N)(=O)=O. The fraction of sp³-hybridized carbons (Fsp3) is 0.400. The number of nitriles is 1. The Labute approximate surface area is 150 Å². The van der Waals surface area contributed by atoms with E-state index in [0.29, 0.717) is 0 Å². The topological polar surface area (TPSA) is 125 Å². The first-order valence-corrected chi connectivity index (χ1v) is 9.44. The molecule has 1 aliphatic rings. The van der Waals surface area contributed by atoms with Gasteiger partial charge < -0.3 is 4.90 Å². The number of imide groups is 1. The maximum absolute atomic E-state index is 12.7. The van der Waals surface area contributed by atoms with Gasteiger partial charge >= 0.3 is 6.03 Å². The molecule has 0 aromatic heterocycles. The Morgan fingerprint density at radius 1 is 1.32 bits per heavy atom. The van der Waals surface area contributed by atoms with Crippen molar-refractivity contribution >= 4 is 39.2 Å². The molecule has 0 aliphatic carbocycles. The fourth-order valence-electron chi connectivity index (χ4n) is 2.60. The number of nitrogens with two attached hydrogens (primary N) is 1. The van der Waals surface area contributed by atoms with Gasteiger partial charge in [-0.1, -0.05) is 11.6 Å². The van der Waals surface area contributed by atoms with Crippen LogP contribution in [0.3, 0.4) is 0 Å². The number of nitrogens with zero attached hydrogens (tertiary/aromatic N) is 3. The van der Waals surface area contributed by atoms with Crippen LogP contribution in [0.1, 0.15) is 25.8 Å². The predicted molar refractivity (Wildman–Crippen MR) is 92.4 cm³/mol. The number of primary sulfonamides is 1. The highest BCUT2D eigenvalue weighted by molar-refractivity contribution is 7.89. The van der Waals surface area contributed by atoms with Crippen molar-refractivity contribution in [3.8, 4) is 6.07 Å². The summed E-state index contributed by atoms with van der Waals surface area (Å²) < 4.78 is 22.1. The normalized spacial score (nSPS) is 17.1. The molecule has 134 valence electrons. The summed E-state index contributed by atoms with van der Waals surface area (Å²) in [4.78, 5) is 27.7. The van der Waals surface area contributed by atoms with Gasteiger partial charge in [0.15, 0.2) is 0 Å². The number of anilines is 1. The number of urea groups is 1. The number of benzene rings is 1. The number of halogens is 1. The van der Waals surface area contributed by atoms with E-state index in [1.54, 1.807) is 13.8 Å². The molecule has 8 nitrogen and oxygen atoms in total. The first kappa shape index (κ1) is 19.2. The average Bonchev–Trinajstić information content (AvgIpc) is 2.66. The molecule has 1 fully saturated rings. The molecule has 1 saturated heterocycles. The van der Waals surface area contributed by atoms with Crippen LogP contribution in [0, 0.1) is 11.3 Å². The van der Waals surface area contributed by atoms with E-state index in [1.165, 1.54) is 23.1 Å². The summed E-state index contributed by atoms with van der Waals surface area (Å²) in [7, 11) is -3.65. The van der Waals surface area contributed by atoms with Crippen LogP contribution in [0.2, 0.25) is 5.02 Å². The molecule has 0 atom stereocenters. The van der Waals surface area contributed by atoms with E-state index < -0.39 is 27.5 Å². The van der Waals surface area contributed by atoms with E-state index in [2.05, 4.69) is 0 Å². The van der Waals surface area contributed by atoms with Gasteiger partial charge in [0.05, 0.1) is 22.0 Å². The van der Waals surface area contributed by atoms with Gasteiger partial charge in [0.1, 0.15) is 11.6 Å². The van der Waals surface area contributed by atoms with Crippen molar-refractivity contribution in [3.05, 3.63) is 28.8 Å². The number of rotatable bonds is 5. The fourth-order valence-corrected chi connectivity index (χ4v) is 3.34. The van der Waals surface area contributed by atoms with Gasteiger partial charge in [-0.25, -0.2) is 23.3 Å². The van der Waals surface area contributed by atoms with Crippen molar-refractivity contribution in [1.82, 2.24) is 4.90 Å². The van der Waals surface area contributed by atoms with E-state index in [4.69, 9.17) is 22.0 Å². The van der Waals surface area contributed by atoms with Gasteiger partial charge in [-0.3, -0.25) is 4.79 Å². The van der Waals surface area contributed by atoms with Crippen molar-refractivity contribution in [1.29, 1.82) is 5.26 Å². The van der Waals surface area contributed by atoms with E-state index in [0.717, 1.165) is 4.90 Å². The Balaban J connectivity index is 2.30. The number of amides is 3. The van der Waals surface area contributed by atoms with Crippen LogP contribution in [0.25, 0.3) is 0 Å². The first-order chi connectivity index (χ1) is 11.5. The number of carbonyl (C=O) groups is 2. The summed E-state index contributed by atoms with van der Waals surface area (Å²) in [5.74, 6) is -0.752. The smallest absolute Gasteiger partial charge is 0.310 e. The average molecular weight is 385 g/mol. The quantitative estimate of drug-likeness (QED) is 0.769. The molecular weight excluding hydrogens is 368 g/mol. The molecule has 0 radical (unpaired) electrons. The molecule has 1 heterocycles. The zero-order valence-electron chi connectivity index (χ0n) is 13.7. The van der Waals surface area contributed by atoms with Gasteiger partial charge in [0.2, 0.25) is 10.0 Å². The van der Waals surface area contributed by atoms with E-state index in [9.17, 15) is 18.0 Å². The summed E-state index contributed by atoms with van der Waals surface area (Å²) >= 11 is 5.98. The third kappa shape index (κ3) is 3.76. The third-order valence-corrected chi connectivity index (χ3v) is 5.14. The highest BCUT2D eigenvalue weighted by Gasteiger charge is 2.51. The van der Waals surface area contributed by atoms with Gasteiger partial charge in [0.25, 0.3) is 5.91 Å². The molecule has 10 heteroatoms. The zero-order valence-corrected chi connectivity index (χ0v) is 15.3. The highest BCUT2D eigenvalue weighted by Crippen LogP contribution is 2.33. The lowest BCUT2D eigenvalue weighted by molar-refractivity contribution is -0.123. The molecule has 1 aliphatic heterocycles. The second-order valence-electron chi connectivity index (χ2n) is 6.13. The third-order valence-electron chi connectivity index (χ3n) is 3.97. The van der Waals surface area contributed by atoms with E-state index in [1.807, 2.05) is 6.07 Å². The van der Waals surface area contributed by atoms with Gasteiger partial charge in [-0.2, -0.15) is 5.26 Å². The van der Waals surface area contributed by atoms with Crippen LogP contribution in [0.4, 0.5) is 10.5 Å². The Morgan fingerprint density at radius 2 is 1.96 bits per heavy atom. The molecule has 2 N–H and O–H groups in total. The maximum Gasteiger partial charge on any atom is 0.332 e. The van der Waals surface area contributed by atoms with Crippen molar-refractivity contribution in [2.75, 3.05) is 17.2 Å². The molecular formula is C15H17ClN4O4S. The predicted octanol–water partition coefficient (Wildman–Crippen LogP) is 1.44. The molecule has 0 saturated carbocycles. The Kier molecular flexibility index (Phi) is 5.09. The highest BCUT2D eigenvalue weighted by atomic mass is 35.5. The van der Waals surface area contributed by atoms with Gasteiger partial charge in [-0.05, 0) is 38.5 Å². The Bertz CT molecular complexity index is 876. The molecule has 2 rings (SSSR count). The van der Waals surface area contributed by atoms with Crippen LogP contribution in [-0.2, 0) is 14.8 Å².